The van der Waals surface area contributed by atoms with Gasteiger partial charge in [-0.3, -0.25) is 10.1 Å². The van der Waals surface area contributed by atoms with Crippen LogP contribution < -0.4 is 16.0 Å². The third-order valence-electron chi connectivity index (χ3n) is 4.01. The number of para-hydroxylation sites is 1. The number of nitrogens with zero attached hydrogens (tertiary/aromatic N) is 2. The maximum absolute atomic E-state index is 13.9. The number of hydrogen-bond acceptors (Lipinski definition) is 4. The van der Waals surface area contributed by atoms with Crippen LogP contribution in [0.1, 0.15) is 25.5 Å². The first kappa shape index (κ1) is 16.9. The molecule has 2 aromatic rings. The zero-order chi connectivity index (χ0) is 18.0. The topological polar surface area (TPSA) is 88.1 Å². The molecule has 3 N–H and O–H groups in total. The lowest BCUT2D eigenvalue weighted by molar-refractivity contribution is -0.120. The van der Waals surface area contributed by atoms with Gasteiger partial charge in [-0.25, -0.2) is 13.9 Å². The Morgan fingerprint density at radius 2 is 2.04 bits per heavy atom. The molecule has 1 aliphatic carbocycles. The zero-order valence-corrected chi connectivity index (χ0v) is 14.0. The number of nitrogens with one attached hydrogen (secondary N) is 3. The normalized spacial score (nSPS) is 14.7. The Kier molecular flexibility index (Phi) is 4.69. The van der Waals surface area contributed by atoms with Crippen molar-refractivity contribution in [1.82, 2.24) is 20.4 Å². The van der Waals surface area contributed by atoms with Gasteiger partial charge in [0, 0.05) is 6.04 Å². The minimum absolute atomic E-state index is 0.178. The third-order valence-corrected chi connectivity index (χ3v) is 4.01. The minimum Gasteiger partial charge on any atom is -0.371 e. The second-order valence-corrected chi connectivity index (χ2v) is 6.11. The molecule has 132 valence electrons. The highest BCUT2D eigenvalue weighted by Crippen LogP contribution is 2.21. The van der Waals surface area contributed by atoms with Crippen molar-refractivity contribution in [2.45, 2.75) is 38.8 Å². The SMILES string of the molecule is Cc1c(N[C@@H](C)C(=O)NC(=O)NC2CC2)cnn1-c1ccccc1F. The smallest absolute Gasteiger partial charge is 0.321 e. The second kappa shape index (κ2) is 6.92. The van der Waals surface area contributed by atoms with Crippen LogP contribution in [-0.4, -0.2) is 33.8 Å². The molecular weight excluding hydrogens is 325 g/mol. The molecule has 1 fully saturated rings. The molecule has 3 amide bonds. The fourth-order valence-corrected chi connectivity index (χ4v) is 2.39. The Labute approximate surface area is 144 Å². The van der Waals surface area contributed by atoms with Gasteiger partial charge in [0.15, 0.2) is 0 Å². The summed E-state index contributed by atoms with van der Waals surface area (Å²) < 4.78 is 15.4. The van der Waals surface area contributed by atoms with E-state index < -0.39 is 18.0 Å². The fourth-order valence-electron chi connectivity index (χ4n) is 2.39. The quantitative estimate of drug-likeness (QED) is 0.774. The van der Waals surface area contributed by atoms with E-state index in [0.29, 0.717) is 17.1 Å². The van der Waals surface area contributed by atoms with Crippen molar-refractivity contribution in [3.8, 4) is 5.69 Å². The molecule has 7 nitrogen and oxygen atoms in total. The van der Waals surface area contributed by atoms with Crippen molar-refractivity contribution in [2.75, 3.05) is 5.32 Å². The van der Waals surface area contributed by atoms with Gasteiger partial charge in [0.25, 0.3) is 0 Å². The number of aromatic nitrogens is 2. The van der Waals surface area contributed by atoms with Gasteiger partial charge in [0.2, 0.25) is 5.91 Å². The van der Waals surface area contributed by atoms with E-state index in [9.17, 15) is 14.0 Å². The van der Waals surface area contributed by atoms with Gasteiger partial charge < -0.3 is 10.6 Å². The lowest BCUT2D eigenvalue weighted by atomic mass is 10.2. The van der Waals surface area contributed by atoms with Crippen LogP contribution in [0, 0.1) is 12.7 Å². The Hall–Kier alpha value is -2.90. The third kappa shape index (κ3) is 3.96. The van der Waals surface area contributed by atoms with Crippen molar-refractivity contribution >= 4 is 17.6 Å². The molecule has 1 aliphatic rings. The van der Waals surface area contributed by atoms with E-state index in [1.54, 1.807) is 32.0 Å². The average molecular weight is 345 g/mol. The Morgan fingerprint density at radius 3 is 2.72 bits per heavy atom. The summed E-state index contributed by atoms with van der Waals surface area (Å²) in [7, 11) is 0. The highest BCUT2D eigenvalue weighted by atomic mass is 19.1. The summed E-state index contributed by atoms with van der Waals surface area (Å²) in [5.74, 6) is -0.834. The molecule has 0 unspecified atom stereocenters. The lowest BCUT2D eigenvalue weighted by Gasteiger charge is -2.15. The van der Waals surface area contributed by atoms with Crippen molar-refractivity contribution < 1.29 is 14.0 Å². The van der Waals surface area contributed by atoms with E-state index in [-0.39, 0.29) is 11.9 Å². The number of carbonyl (C=O) groups excluding carboxylic acids is 2. The van der Waals surface area contributed by atoms with Crippen LogP contribution in [0.5, 0.6) is 0 Å². The molecule has 0 aliphatic heterocycles. The molecule has 1 aromatic carbocycles. The molecule has 0 radical (unpaired) electrons. The van der Waals surface area contributed by atoms with Crippen LogP contribution in [0.15, 0.2) is 30.5 Å². The minimum atomic E-state index is -0.651. The van der Waals surface area contributed by atoms with Crippen LogP contribution in [-0.2, 0) is 4.79 Å². The van der Waals surface area contributed by atoms with Crippen molar-refractivity contribution in [3.05, 3.63) is 42.0 Å². The molecule has 0 saturated heterocycles. The number of anilines is 1. The van der Waals surface area contributed by atoms with Gasteiger partial charge in [0.1, 0.15) is 17.5 Å². The van der Waals surface area contributed by atoms with E-state index in [0.717, 1.165) is 12.8 Å². The summed E-state index contributed by atoms with van der Waals surface area (Å²) in [5.41, 5.74) is 1.58. The van der Waals surface area contributed by atoms with Gasteiger partial charge in [-0.05, 0) is 38.8 Å². The number of rotatable bonds is 5. The molecule has 1 heterocycles. The van der Waals surface area contributed by atoms with E-state index in [1.807, 2.05) is 0 Å². The highest BCUT2D eigenvalue weighted by Gasteiger charge is 2.25. The van der Waals surface area contributed by atoms with Crippen LogP contribution in [0.3, 0.4) is 0 Å². The molecule has 1 aromatic heterocycles. The zero-order valence-electron chi connectivity index (χ0n) is 14.0. The van der Waals surface area contributed by atoms with Gasteiger partial charge in [-0.1, -0.05) is 12.1 Å². The summed E-state index contributed by atoms with van der Waals surface area (Å²) in [6, 6.07) is 5.35. The number of carbonyl (C=O) groups is 2. The molecular formula is C17H20FN5O2. The van der Waals surface area contributed by atoms with E-state index in [1.165, 1.54) is 16.9 Å². The van der Waals surface area contributed by atoms with Gasteiger partial charge >= 0.3 is 6.03 Å². The average Bonchev–Trinajstić information content (AvgIpc) is 3.31. The van der Waals surface area contributed by atoms with Crippen LogP contribution in [0.4, 0.5) is 14.9 Å². The van der Waals surface area contributed by atoms with Crippen molar-refractivity contribution in [2.24, 2.45) is 0 Å². The lowest BCUT2D eigenvalue weighted by Crippen LogP contribution is -2.46. The summed E-state index contributed by atoms with van der Waals surface area (Å²) in [6.45, 7) is 3.41. The van der Waals surface area contributed by atoms with Crippen LogP contribution in [0.25, 0.3) is 5.69 Å². The maximum Gasteiger partial charge on any atom is 0.321 e. The molecule has 25 heavy (non-hydrogen) atoms. The predicted molar refractivity (Wildman–Crippen MR) is 91.0 cm³/mol. The first-order valence-corrected chi connectivity index (χ1v) is 8.13. The molecule has 8 heteroatoms. The number of urea groups is 1. The molecule has 0 bridgehead atoms. The monoisotopic (exact) mass is 345 g/mol. The van der Waals surface area contributed by atoms with Gasteiger partial charge in [-0.2, -0.15) is 5.10 Å². The van der Waals surface area contributed by atoms with Crippen LogP contribution >= 0.6 is 0 Å². The molecule has 1 atom stereocenters. The fraction of sp³-hybridized carbons (Fsp3) is 0.353. The Balaban J connectivity index is 1.65. The molecule has 0 spiro atoms. The van der Waals surface area contributed by atoms with Crippen molar-refractivity contribution in [3.63, 3.8) is 0 Å². The van der Waals surface area contributed by atoms with Gasteiger partial charge in [0.05, 0.1) is 17.6 Å². The largest absolute Gasteiger partial charge is 0.371 e. The number of hydrogen-bond donors (Lipinski definition) is 3. The summed E-state index contributed by atoms with van der Waals surface area (Å²) in [5, 5.41) is 12.2. The number of imide groups is 1. The Morgan fingerprint density at radius 1 is 1.32 bits per heavy atom. The Bertz CT molecular complexity index is 800. The number of benzene rings is 1. The predicted octanol–water partition coefficient (Wildman–Crippen LogP) is 2.11. The maximum atomic E-state index is 13.9. The van der Waals surface area contributed by atoms with Crippen LogP contribution in [0.2, 0.25) is 0 Å². The second-order valence-electron chi connectivity index (χ2n) is 6.11. The van der Waals surface area contributed by atoms with E-state index in [2.05, 4.69) is 21.0 Å². The standard InChI is InChI=1S/C17H20FN5O2/c1-10(16(24)22-17(25)21-12-7-8-12)20-14-9-19-23(11(14)2)15-6-4-3-5-13(15)18/h3-6,9-10,12,20H,7-8H2,1-2H3,(H2,21,22,24,25)/t10-/m0/s1. The first-order chi connectivity index (χ1) is 12.0. The summed E-state index contributed by atoms with van der Waals surface area (Å²) in [4.78, 5) is 23.7. The summed E-state index contributed by atoms with van der Waals surface area (Å²) in [6.07, 6.45) is 3.42. The first-order valence-electron chi connectivity index (χ1n) is 8.13. The van der Waals surface area contributed by atoms with E-state index >= 15 is 0 Å². The van der Waals surface area contributed by atoms with Gasteiger partial charge in [-0.15, -0.1) is 0 Å². The van der Waals surface area contributed by atoms with Crippen molar-refractivity contribution in [1.29, 1.82) is 0 Å². The number of halogens is 1. The molecule has 3 rings (SSSR count). The molecule has 1 saturated carbocycles. The summed E-state index contributed by atoms with van der Waals surface area (Å²) >= 11 is 0. The number of amides is 3. The van der Waals surface area contributed by atoms with E-state index in [4.69, 9.17) is 0 Å². The highest BCUT2D eigenvalue weighted by molar-refractivity contribution is 5.98.